The second-order valence-electron chi connectivity index (χ2n) is 6.57. The predicted molar refractivity (Wildman–Crippen MR) is 111 cm³/mol. The van der Waals surface area contributed by atoms with Crippen LogP contribution in [0.5, 0.6) is 0 Å². The van der Waals surface area contributed by atoms with Crippen molar-refractivity contribution in [2.75, 3.05) is 11.9 Å². The van der Waals surface area contributed by atoms with Gasteiger partial charge in [-0.1, -0.05) is 17.7 Å². The number of halogens is 4. The van der Waals surface area contributed by atoms with Crippen LogP contribution in [0.4, 0.5) is 14.5 Å². The number of hydrogen-bond donors (Lipinski definition) is 2. The smallest absolute Gasteiger partial charge is 0.319 e. The van der Waals surface area contributed by atoms with Gasteiger partial charge in [0.1, 0.15) is 16.8 Å². The molecule has 0 unspecified atom stereocenters. The number of aromatic nitrogens is 2. The Labute approximate surface area is 178 Å². The molecule has 4 heterocycles. The molecule has 2 atom stereocenters. The van der Waals surface area contributed by atoms with Crippen molar-refractivity contribution in [3.8, 4) is 0 Å². The number of nitrogens with zero attached hydrogens (tertiary/aromatic N) is 2. The number of thiophene rings is 1. The molecule has 1 aliphatic heterocycles. The van der Waals surface area contributed by atoms with E-state index in [0.29, 0.717) is 40.9 Å². The summed E-state index contributed by atoms with van der Waals surface area (Å²) in [5.74, 6) is 0. The minimum absolute atomic E-state index is 0.216. The summed E-state index contributed by atoms with van der Waals surface area (Å²) < 4.78 is 35.6. The van der Waals surface area contributed by atoms with E-state index >= 15 is 0 Å². The van der Waals surface area contributed by atoms with Crippen LogP contribution in [0.1, 0.15) is 36.1 Å². The molecule has 5 nitrogen and oxygen atoms in total. The second kappa shape index (κ2) is 8.23. The summed E-state index contributed by atoms with van der Waals surface area (Å²) in [6.07, 6.45) is 0.872. The van der Waals surface area contributed by atoms with E-state index in [-0.39, 0.29) is 16.7 Å². The Morgan fingerprint density at radius 3 is 3.00 bits per heavy atom. The largest absolute Gasteiger partial charge is 0.378 e. The van der Waals surface area contributed by atoms with Gasteiger partial charge in [0.2, 0.25) is 0 Å². The monoisotopic (exact) mass is 490 g/mol. The van der Waals surface area contributed by atoms with Gasteiger partial charge in [-0.2, -0.15) is 8.78 Å². The van der Waals surface area contributed by atoms with E-state index in [2.05, 4.69) is 26.2 Å². The lowest BCUT2D eigenvalue weighted by Crippen LogP contribution is -2.36. The van der Waals surface area contributed by atoms with Gasteiger partial charge < -0.3 is 15.8 Å². The molecule has 3 aromatic heterocycles. The third-order valence-electron chi connectivity index (χ3n) is 4.76. The summed E-state index contributed by atoms with van der Waals surface area (Å²) in [7, 11) is 0. The van der Waals surface area contributed by atoms with Gasteiger partial charge >= 0.3 is 6.55 Å². The molecule has 0 radical (unpaired) electrons. The maximum Gasteiger partial charge on any atom is 0.319 e. The van der Waals surface area contributed by atoms with Crippen LogP contribution in [0.15, 0.2) is 28.1 Å². The summed E-state index contributed by atoms with van der Waals surface area (Å²) >= 11 is 11.2. The Balaban J connectivity index is 1.87. The highest BCUT2D eigenvalue weighted by molar-refractivity contribution is 9.10. The van der Waals surface area contributed by atoms with Gasteiger partial charge in [-0.3, -0.25) is 4.57 Å². The maximum atomic E-state index is 14.2. The molecule has 28 heavy (non-hydrogen) atoms. The van der Waals surface area contributed by atoms with Crippen molar-refractivity contribution in [3.05, 3.63) is 43.8 Å². The molecule has 0 bridgehead atoms. The van der Waals surface area contributed by atoms with Crippen LogP contribution in [0.2, 0.25) is 5.15 Å². The lowest BCUT2D eigenvalue weighted by Gasteiger charge is -2.30. The molecule has 150 valence electrons. The quantitative estimate of drug-likeness (QED) is 0.449. The third kappa shape index (κ3) is 3.66. The van der Waals surface area contributed by atoms with Crippen LogP contribution in [0, 0.1) is 0 Å². The molecule has 0 aliphatic carbocycles. The lowest BCUT2D eigenvalue weighted by atomic mass is 10.0. The zero-order valence-electron chi connectivity index (χ0n) is 14.7. The minimum atomic E-state index is -2.79. The molecule has 3 aromatic rings. The average molecular weight is 492 g/mol. The number of pyridine rings is 1. The molecule has 1 saturated heterocycles. The van der Waals surface area contributed by atoms with Crippen molar-refractivity contribution >= 4 is 55.6 Å². The van der Waals surface area contributed by atoms with Gasteiger partial charge in [-0.05, 0) is 40.2 Å². The predicted octanol–water partition coefficient (Wildman–Crippen LogP) is 5.70. The third-order valence-corrected chi connectivity index (χ3v) is 6.61. The number of rotatable bonds is 5. The van der Waals surface area contributed by atoms with Gasteiger partial charge in [-0.15, -0.1) is 11.3 Å². The first-order valence-electron chi connectivity index (χ1n) is 8.78. The number of anilines is 1. The highest BCUT2D eigenvalue weighted by atomic mass is 79.9. The van der Waals surface area contributed by atoms with Gasteiger partial charge in [0.25, 0.3) is 0 Å². The molecular weight excluding hydrogens is 474 g/mol. The van der Waals surface area contributed by atoms with Crippen molar-refractivity contribution in [1.29, 1.82) is 0 Å². The van der Waals surface area contributed by atoms with Gasteiger partial charge in [0.05, 0.1) is 21.4 Å². The molecule has 1 aliphatic rings. The second-order valence-corrected chi connectivity index (χ2v) is 8.78. The Hall–Kier alpha value is -1.26. The Morgan fingerprint density at radius 2 is 2.32 bits per heavy atom. The number of hydrogen-bond acceptors (Lipinski definition) is 5. The number of nitrogens with one attached hydrogen (secondary N) is 1. The van der Waals surface area contributed by atoms with Crippen molar-refractivity contribution in [2.24, 2.45) is 5.73 Å². The molecule has 0 amide bonds. The maximum absolute atomic E-state index is 14.2. The normalized spacial score (nSPS) is 20.2. The summed E-state index contributed by atoms with van der Waals surface area (Å²) in [6.45, 7) is -1.81. The van der Waals surface area contributed by atoms with Crippen LogP contribution in [-0.2, 0) is 11.3 Å². The summed E-state index contributed by atoms with van der Waals surface area (Å²) in [5.41, 5.74) is 7.62. The fraction of sp³-hybridized carbons (Fsp3) is 0.389. The van der Waals surface area contributed by atoms with Crippen molar-refractivity contribution in [2.45, 2.75) is 38.1 Å². The fourth-order valence-corrected chi connectivity index (χ4v) is 5.06. The van der Waals surface area contributed by atoms with Gasteiger partial charge in [0, 0.05) is 30.1 Å². The topological polar surface area (TPSA) is 65.1 Å². The summed E-state index contributed by atoms with van der Waals surface area (Å²) in [4.78, 5) is 5.37. The highest BCUT2D eigenvalue weighted by Gasteiger charge is 2.34. The van der Waals surface area contributed by atoms with E-state index in [0.717, 1.165) is 15.9 Å². The van der Waals surface area contributed by atoms with Crippen molar-refractivity contribution in [1.82, 2.24) is 9.55 Å². The molecule has 3 N–H and O–H groups in total. The Bertz CT molecular complexity index is 982. The van der Waals surface area contributed by atoms with E-state index in [9.17, 15) is 8.78 Å². The van der Waals surface area contributed by atoms with Gasteiger partial charge in [-0.25, -0.2) is 4.98 Å². The van der Waals surface area contributed by atoms with Crippen LogP contribution in [0.3, 0.4) is 0 Å². The van der Waals surface area contributed by atoms with E-state index < -0.39 is 12.7 Å². The van der Waals surface area contributed by atoms with E-state index in [1.54, 1.807) is 17.4 Å². The zero-order valence-corrected chi connectivity index (χ0v) is 17.8. The Morgan fingerprint density at radius 1 is 1.50 bits per heavy atom. The Kier molecular flexibility index (Phi) is 5.89. The van der Waals surface area contributed by atoms with Gasteiger partial charge in [0.15, 0.2) is 0 Å². The molecule has 0 spiro atoms. The number of nitrogens with two attached hydrogens (primary N) is 1. The molecule has 0 aromatic carbocycles. The lowest BCUT2D eigenvalue weighted by molar-refractivity contribution is -0.0146. The minimum Gasteiger partial charge on any atom is -0.378 e. The molecular formula is C18H18BrClF2N4OS. The highest BCUT2D eigenvalue weighted by Crippen LogP contribution is 2.43. The van der Waals surface area contributed by atoms with Crippen LogP contribution in [0.25, 0.3) is 11.0 Å². The van der Waals surface area contributed by atoms with E-state index in [4.69, 9.17) is 22.1 Å². The van der Waals surface area contributed by atoms with Crippen molar-refractivity contribution < 1.29 is 13.5 Å². The van der Waals surface area contributed by atoms with E-state index in [1.165, 1.54) is 0 Å². The first-order chi connectivity index (χ1) is 13.5. The van der Waals surface area contributed by atoms with Crippen LogP contribution < -0.4 is 11.1 Å². The standard InChI is InChI=1S/C18H18BrClF2N4OS/c19-13-14-15(11(7-12(20)25-14)24-8-9-3-2-6-28-9)26(18(21)22)16(13)17-10(23)4-1-5-27-17/h2-3,6-7,10,17-18H,1,4-5,8,23H2,(H,24,25)/t10-,17-/m1/s1. The van der Waals surface area contributed by atoms with E-state index in [1.807, 2.05) is 17.5 Å². The molecule has 1 fully saturated rings. The zero-order chi connectivity index (χ0) is 19.8. The number of fused-ring (bicyclic) bond motifs is 1. The number of alkyl halides is 2. The fourth-order valence-electron chi connectivity index (χ4n) is 3.53. The summed E-state index contributed by atoms with van der Waals surface area (Å²) in [6, 6.07) is 5.11. The average Bonchev–Trinajstić information content (AvgIpc) is 3.27. The van der Waals surface area contributed by atoms with Crippen molar-refractivity contribution in [3.63, 3.8) is 0 Å². The molecule has 10 heteroatoms. The first-order valence-corrected chi connectivity index (χ1v) is 10.8. The number of ether oxygens (including phenoxy) is 1. The van der Waals surface area contributed by atoms with Crippen LogP contribution >= 0.6 is 38.9 Å². The molecule has 4 rings (SSSR count). The van der Waals surface area contributed by atoms with Crippen LogP contribution in [-0.4, -0.2) is 22.2 Å². The first kappa shape index (κ1) is 20.0. The SMILES string of the molecule is N[C@@H]1CCCO[C@H]1c1c(Br)c2nc(Cl)cc(NCc3cccs3)c2n1C(F)F. The summed E-state index contributed by atoms with van der Waals surface area (Å²) in [5, 5.41) is 5.40. The molecule has 0 saturated carbocycles.